The van der Waals surface area contributed by atoms with Crippen molar-refractivity contribution in [2.24, 2.45) is 0 Å². The van der Waals surface area contributed by atoms with Gasteiger partial charge in [0.25, 0.3) is 0 Å². The molecule has 4 nitrogen and oxygen atoms in total. The van der Waals surface area contributed by atoms with Gasteiger partial charge >= 0.3 is 6.18 Å². The maximum Gasteiger partial charge on any atom is 0.406 e. The highest BCUT2D eigenvalue weighted by atomic mass is 32.2. The Balaban J connectivity index is 1.77. The summed E-state index contributed by atoms with van der Waals surface area (Å²) in [5.74, 6) is -0.485. The smallest absolute Gasteiger partial charge is 0.333 e. The molecule has 1 aromatic carbocycles. The van der Waals surface area contributed by atoms with E-state index in [4.69, 9.17) is 0 Å². The van der Waals surface area contributed by atoms with Gasteiger partial charge in [-0.25, -0.2) is 9.97 Å². The second-order valence-electron chi connectivity index (χ2n) is 5.37. The number of hydrogen-bond acceptors (Lipinski definition) is 4. The van der Waals surface area contributed by atoms with Crippen LogP contribution in [-0.2, 0) is 4.79 Å². The summed E-state index contributed by atoms with van der Waals surface area (Å²) in [6.45, 7) is 0.718. The highest BCUT2D eigenvalue weighted by Crippen LogP contribution is 2.33. The number of carbonyl (C=O) groups excluding carboxylic acids is 1. The largest absolute Gasteiger partial charge is 0.406 e. The minimum absolute atomic E-state index is 0.121. The third-order valence-electron chi connectivity index (χ3n) is 3.57. The predicted molar refractivity (Wildman–Crippen MR) is 81.2 cm³/mol. The fourth-order valence-electron chi connectivity index (χ4n) is 2.51. The van der Waals surface area contributed by atoms with Gasteiger partial charge < -0.3 is 4.90 Å². The molecule has 0 bridgehead atoms. The number of aromatic nitrogens is 2. The number of benzene rings is 1. The molecule has 1 aliphatic heterocycles. The molecule has 3 rings (SSSR count). The first kappa shape index (κ1) is 16.0. The molecule has 0 unspecified atom stereocenters. The molecule has 1 fully saturated rings. The van der Waals surface area contributed by atoms with Crippen LogP contribution in [-0.4, -0.2) is 45.3 Å². The molecule has 1 amide bonds. The summed E-state index contributed by atoms with van der Waals surface area (Å²) in [5, 5.41) is 0.0578. The summed E-state index contributed by atoms with van der Waals surface area (Å²) in [6, 6.07) is 7.36. The number of hydrogen-bond donors (Lipinski definition) is 0. The molecule has 2 aromatic rings. The Morgan fingerprint density at radius 3 is 2.57 bits per heavy atom. The summed E-state index contributed by atoms with van der Waals surface area (Å²) in [5.41, 5.74) is 2.14. The van der Waals surface area contributed by atoms with Crippen LogP contribution in [0.4, 0.5) is 13.2 Å². The molecule has 2 heterocycles. The molecule has 8 heteroatoms. The molecule has 1 aliphatic rings. The van der Waals surface area contributed by atoms with Crippen LogP contribution in [0.5, 0.6) is 0 Å². The van der Waals surface area contributed by atoms with E-state index in [9.17, 15) is 18.0 Å². The van der Waals surface area contributed by atoms with Crippen LogP contribution in [0.1, 0.15) is 12.1 Å². The molecular formula is C15H14F3N3OS. The fourth-order valence-corrected chi connectivity index (χ4v) is 3.62. The van der Waals surface area contributed by atoms with Crippen molar-refractivity contribution in [2.75, 3.05) is 13.1 Å². The Hall–Kier alpha value is -1.83. The van der Waals surface area contributed by atoms with Gasteiger partial charge in [0.05, 0.1) is 22.0 Å². The number of thioether (sulfide) groups is 1. The van der Waals surface area contributed by atoms with Gasteiger partial charge in [-0.2, -0.15) is 13.2 Å². The molecule has 1 atom stereocenters. The van der Waals surface area contributed by atoms with Crippen LogP contribution in [0, 0.1) is 6.92 Å². The first-order valence-corrected chi connectivity index (χ1v) is 7.97. The maximum absolute atomic E-state index is 12.5. The number of amides is 1. The summed E-state index contributed by atoms with van der Waals surface area (Å²) in [6.07, 6.45) is -3.98. The van der Waals surface area contributed by atoms with Gasteiger partial charge in [-0.05, 0) is 25.5 Å². The summed E-state index contributed by atoms with van der Waals surface area (Å²) in [4.78, 5) is 21.9. The third-order valence-corrected chi connectivity index (χ3v) is 4.91. The number of likely N-dealkylation sites (tertiary alicyclic amines) is 1. The molecule has 0 spiro atoms. The van der Waals surface area contributed by atoms with Gasteiger partial charge in [0.1, 0.15) is 11.6 Å². The standard InChI is InChI=1S/C15H14F3N3OS/c1-9-13(20-11-5-3-2-4-10(11)19-9)23-12-6-7-21(14(12)22)8-15(16,17)18/h2-5,12H,6-8H2,1H3/t12-/m0/s1. The van der Waals surface area contributed by atoms with Crippen molar-refractivity contribution in [1.82, 2.24) is 14.9 Å². The number of aryl methyl sites for hydroxylation is 1. The molecular weight excluding hydrogens is 327 g/mol. The zero-order valence-electron chi connectivity index (χ0n) is 12.3. The Labute approximate surface area is 135 Å². The van der Waals surface area contributed by atoms with E-state index in [-0.39, 0.29) is 6.54 Å². The third kappa shape index (κ3) is 3.57. The highest BCUT2D eigenvalue weighted by Gasteiger charge is 2.40. The number of rotatable bonds is 3. The highest BCUT2D eigenvalue weighted by molar-refractivity contribution is 8.00. The molecule has 0 aliphatic carbocycles. The van der Waals surface area contributed by atoms with E-state index in [1.165, 1.54) is 11.8 Å². The van der Waals surface area contributed by atoms with E-state index < -0.39 is 23.9 Å². The van der Waals surface area contributed by atoms with Crippen LogP contribution < -0.4 is 0 Å². The van der Waals surface area contributed by atoms with Crippen LogP contribution >= 0.6 is 11.8 Å². The second-order valence-corrected chi connectivity index (χ2v) is 6.56. The number of para-hydroxylation sites is 2. The zero-order valence-corrected chi connectivity index (χ0v) is 13.1. The van der Waals surface area contributed by atoms with Gasteiger partial charge in [0.2, 0.25) is 5.91 Å². The van der Waals surface area contributed by atoms with Crippen LogP contribution in [0.15, 0.2) is 29.3 Å². The molecule has 122 valence electrons. The lowest BCUT2D eigenvalue weighted by molar-refractivity contribution is -0.157. The van der Waals surface area contributed by atoms with Crippen molar-refractivity contribution in [3.63, 3.8) is 0 Å². The number of alkyl halides is 3. The topological polar surface area (TPSA) is 46.1 Å². The lowest BCUT2D eigenvalue weighted by atomic mass is 10.3. The van der Waals surface area contributed by atoms with Crippen LogP contribution in [0.2, 0.25) is 0 Å². The normalized spacial score (nSPS) is 18.9. The lowest BCUT2D eigenvalue weighted by Crippen LogP contribution is -2.36. The average Bonchev–Trinajstić information content (AvgIpc) is 2.79. The van der Waals surface area contributed by atoms with Crippen LogP contribution in [0.25, 0.3) is 11.0 Å². The lowest BCUT2D eigenvalue weighted by Gasteiger charge is -2.18. The van der Waals surface area contributed by atoms with Crippen LogP contribution in [0.3, 0.4) is 0 Å². The summed E-state index contributed by atoms with van der Waals surface area (Å²) in [7, 11) is 0. The van der Waals surface area contributed by atoms with Gasteiger partial charge in [-0.3, -0.25) is 4.79 Å². The van der Waals surface area contributed by atoms with Crippen molar-refractivity contribution >= 4 is 28.7 Å². The Morgan fingerprint density at radius 1 is 1.26 bits per heavy atom. The Morgan fingerprint density at radius 2 is 1.91 bits per heavy atom. The van der Waals surface area contributed by atoms with E-state index in [2.05, 4.69) is 9.97 Å². The van der Waals surface area contributed by atoms with Crippen molar-refractivity contribution < 1.29 is 18.0 Å². The first-order chi connectivity index (χ1) is 10.8. The average molecular weight is 341 g/mol. The van der Waals surface area contributed by atoms with Crippen molar-refractivity contribution in [1.29, 1.82) is 0 Å². The maximum atomic E-state index is 12.5. The van der Waals surface area contributed by atoms with Gasteiger partial charge in [0, 0.05) is 6.54 Å². The van der Waals surface area contributed by atoms with Crippen molar-refractivity contribution in [3.05, 3.63) is 30.0 Å². The van der Waals surface area contributed by atoms with Gasteiger partial charge in [-0.15, -0.1) is 0 Å². The number of nitrogens with zero attached hydrogens (tertiary/aromatic N) is 3. The van der Waals surface area contributed by atoms with E-state index in [0.717, 1.165) is 10.4 Å². The monoisotopic (exact) mass is 341 g/mol. The Bertz CT molecular complexity index is 750. The molecule has 0 saturated carbocycles. The summed E-state index contributed by atoms with van der Waals surface area (Å²) < 4.78 is 37.4. The van der Waals surface area contributed by atoms with E-state index >= 15 is 0 Å². The molecule has 1 saturated heterocycles. The van der Waals surface area contributed by atoms with E-state index in [0.29, 0.717) is 22.7 Å². The zero-order chi connectivity index (χ0) is 16.6. The van der Waals surface area contributed by atoms with Gasteiger partial charge in [-0.1, -0.05) is 23.9 Å². The quantitative estimate of drug-likeness (QED) is 0.860. The molecule has 0 radical (unpaired) electrons. The fraction of sp³-hybridized carbons (Fsp3) is 0.400. The number of halogens is 3. The van der Waals surface area contributed by atoms with E-state index in [1.807, 2.05) is 24.3 Å². The molecule has 0 N–H and O–H groups in total. The first-order valence-electron chi connectivity index (χ1n) is 7.09. The SMILES string of the molecule is Cc1nc2ccccc2nc1S[C@H]1CCN(CC(F)(F)F)C1=O. The molecule has 1 aromatic heterocycles. The number of fused-ring (bicyclic) bond motifs is 1. The minimum atomic E-state index is -4.37. The van der Waals surface area contributed by atoms with Gasteiger partial charge in [0.15, 0.2) is 0 Å². The number of carbonyl (C=O) groups is 1. The summed E-state index contributed by atoms with van der Waals surface area (Å²) >= 11 is 1.20. The second kappa shape index (κ2) is 5.99. The van der Waals surface area contributed by atoms with Crippen molar-refractivity contribution in [3.8, 4) is 0 Å². The Kier molecular flexibility index (Phi) is 4.18. The minimum Gasteiger partial charge on any atom is -0.333 e. The predicted octanol–water partition coefficient (Wildman–Crippen LogP) is 3.19. The van der Waals surface area contributed by atoms with E-state index in [1.54, 1.807) is 6.92 Å². The van der Waals surface area contributed by atoms with Crippen molar-refractivity contribution in [2.45, 2.75) is 29.8 Å². The molecule has 23 heavy (non-hydrogen) atoms.